The minimum atomic E-state index is -4.58. The van der Waals surface area contributed by atoms with E-state index < -0.39 is 29.2 Å². The van der Waals surface area contributed by atoms with Gasteiger partial charge in [-0.2, -0.15) is 13.2 Å². The number of hydrogen-bond donors (Lipinski definition) is 1. The van der Waals surface area contributed by atoms with Crippen molar-refractivity contribution < 1.29 is 27.1 Å². The van der Waals surface area contributed by atoms with Crippen molar-refractivity contribution in [2.45, 2.75) is 30.7 Å². The van der Waals surface area contributed by atoms with Crippen LogP contribution in [0.3, 0.4) is 0 Å². The molecule has 4 heterocycles. The van der Waals surface area contributed by atoms with Gasteiger partial charge in [0.25, 0.3) is 5.91 Å². The van der Waals surface area contributed by atoms with Crippen molar-refractivity contribution in [3.8, 4) is 0 Å². The molecule has 0 spiro atoms. The van der Waals surface area contributed by atoms with Gasteiger partial charge < -0.3 is 19.5 Å². The van der Waals surface area contributed by atoms with Gasteiger partial charge in [0.05, 0.1) is 30.7 Å². The molecule has 37 heavy (non-hydrogen) atoms. The average Bonchev–Trinajstić information content (AvgIpc) is 3.38. The van der Waals surface area contributed by atoms with Gasteiger partial charge in [0.2, 0.25) is 0 Å². The summed E-state index contributed by atoms with van der Waals surface area (Å²) in [6.45, 7) is 1.51. The molecule has 0 bridgehead atoms. The smallest absolute Gasteiger partial charge is 0.379 e. The summed E-state index contributed by atoms with van der Waals surface area (Å²) in [5.74, 6) is -0.0792. The van der Waals surface area contributed by atoms with Crippen LogP contribution in [0.15, 0.2) is 42.7 Å². The maximum absolute atomic E-state index is 15.8. The molecule has 7 nitrogen and oxygen atoms in total. The van der Waals surface area contributed by atoms with Crippen molar-refractivity contribution in [3.05, 3.63) is 76.4 Å². The molecule has 1 amide bonds. The summed E-state index contributed by atoms with van der Waals surface area (Å²) in [6, 6.07) is 9.54. The van der Waals surface area contributed by atoms with E-state index in [1.807, 2.05) is 0 Å². The molecule has 0 aliphatic carbocycles. The van der Waals surface area contributed by atoms with Crippen LogP contribution in [-0.2, 0) is 36.3 Å². The maximum Gasteiger partial charge on any atom is 0.416 e. The Bertz CT molecular complexity index is 1360. The van der Waals surface area contributed by atoms with E-state index in [9.17, 15) is 18.0 Å². The topological polar surface area (TPSA) is 72.3 Å². The van der Waals surface area contributed by atoms with Gasteiger partial charge in [0.1, 0.15) is 6.33 Å². The number of fused-ring (bicyclic) bond motifs is 1. The standard InChI is InChI=1S/C26H25F4N5O2/c1-34-14-32-33-23(34)22(27)25(12-37-13-25)17-3-2-4-18(8-17)35-11-20-19(24(35)36)6-15(5-16-9-31-10-16)7-21(20)26(28,29)30/h2-4,6-8,14,16,22,31H,5,9-13H2,1H3. The lowest BCUT2D eigenvalue weighted by molar-refractivity contribution is -0.138. The first kappa shape index (κ1) is 24.1. The fourth-order valence-electron chi connectivity index (χ4n) is 5.41. The van der Waals surface area contributed by atoms with Crippen molar-refractivity contribution in [2.24, 2.45) is 13.0 Å². The van der Waals surface area contributed by atoms with Gasteiger partial charge in [-0.15, -0.1) is 10.2 Å². The van der Waals surface area contributed by atoms with E-state index in [1.54, 1.807) is 37.4 Å². The molecule has 1 aromatic heterocycles. The Morgan fingerprint density at radius 1 is 1.22 bits per heavy atom. The number of benzene rings is 2. The Kier molecular flexibility index (Phi) is 5.61. The maximum atomic E-state index is 15.8. The summed E-state index contributed by atoms with van der Waals surface area (Å²) in [6.07, 6.45) is -4.20. The normalized spacial score (nSPS) is 19.9. The predicted molar refractivity (Wildman–Crippen MR) is 126 cm³/mol. The van der Waals surface area contributed by atoms with Crippen LogP contribution >= 0.6 is 0 Å². The number of carbonyl (C=O) groups excluding carboxylic acids is 1. The number of anilines is 1. The third-order valence-electron chi connectivity index (χ3n) is 7.71. The van der Waals surface area contributed by atoms with Crippen molar-refractivity contribution in [2.75, 3.05) is 31.2 Å². The Hall–Kier alpha value is -3.31. The van der Waals surface area contributed by atoms with Crippen LogP contribution in [0.2, 0.25) is 0 Å². The van der Waals surface area contributed by atoms with Crippen LogP contribution in [0.25, 0.3) is 0 Å². The van der Waals surface area contributed by atoms with Crippen molar-refractivity contribution in [1.82, 2.24) is 20.1 Å². The number of nitrogens with one attached hydrogen (secondary N) is 1. The second-order valence-electron chi connectivity index (χ2n) is 10.1. The van der Waals surface area contributed by atoms with E-state index in [1.165, 1.54) is 21.9 Å². The number of hydrogen-bond acceptors (Lipinski definition) is 5. The van der Waals surface area contributed by atoms with Gasteiger partial charge >= 0.3 is 6.18 Å². The summed E-state index contributed by atoms with van der Waals surface area (Å²) >= 11 is 0. The molecular formula is C26H25F4N5O2. The third kappa shape index (κ3) is 3.91. The highest BCUT2D eigenvalue weighted by Crippen LogP contribution is 2.46. The summed E-state index contributed by atoms with van der Waals surface area (Å²) in [4.78, 5) is 14.8. The Balaban J connectivity index is 1.35. The quantitative estimate of drug-likeness (QED) is 0.507. The second-order valence-corrected chi connectivity index (χ2v) is 10.1. The summed E-state index contributed by atoms with van der Waals surface area (Å²) in [5.41, 5.74) is -0.245. The van der Waals surface area contributed by atoms with E-state index in [0.29, 0.717) is 23.2 Å². The van der Waals surface area contributed by atoms with Gasteiger partial charge in [-0.1, -0.05) is 12.1 Å². The zero-order chi connectivity index (χ0) is 25.9. The Labute approximate surface area is 210 Å². The van der Waals surface area contributed by atoms with Crippen LogP contribution in [-0.4, -0.2) is 47.0 Å². The highest BCUT2D eigenvalue weighted by Gasteiger charge is 2.51. The highest BCUT2D eigenvalue weighted by molar-refractivity contribution is 6.10. The molecule has 3 aliphatic rings. The first-order valence-corrected chi connectivity index (χ1v) is 12.1. The molecule has 1 atom stereocenters. The second kappa shape index (κ2) is 8.63. The molecule has 6 rings (SSSR count). The van der Waals surface area contributed by atoms with Gasteiger partial charge in [-0.05, 0) is 66.4 Å². The van der Waals surface area contributed by atoms with Crippen molar-refractivity contribution in [3.63, 3.8) is 0 Å². The third-order valence-corrected chi connectivity index (χ3v) is 7.71. The van der Waals surface area contributed by atoms with E-state index >= 15 is 4.39 Å². The number of ether oxygens (including phenoxy) is 1. The molecule has 11 heteroatoms. The zero-order valence-electron chi connectivity index (χ0n) is 20.1. The Morgan fingerprint density at radius 2 is 2.00 bits per heavy atom. The van der Waals surface area contributed by atoms with Gasteiger partial charge in [-0.3, -0.25) is 4.79 Å². The lowest BCUT2D eigenvalue weighted by Gasteiger charge is -2.43. The number of aromatic nitrogens is 3. The SMILES string of the molecule is Cn1cnnc1C(F)C1(c2cccc(N3Cc4c(cc(CC5CNC5)cc4C(F)(F)F)C3=O)c2)COC1. The van der Waals surface area contributed by atoms with Crippen LogP contribution in [0.1, 0.15) is 44.6 Å². The fraction of sp³-hybridized carbons (Fsp3) is 0.423. The number of amides is 1. The van der Waals surface area contributed by atoms with Crippen molar-refractivity contribution in [1.29, 1.82) is 0 Å². The lowest BCUT2D eigenvalue weighted by atomic mass is 9.74. The number of nitrogens with zero attached hydrogens (tertiary/aromatic N) is 4. The zero-order valence-corrected chi connectivity index (χ0v) is 20.1. The number of rotatable bonds is 6. The number of alkyl halides is 4. The molecular weight excluding hydrogens is 490 g/mol. The molecule has 3 aliphatic heterocycles. The Morgan fingerprint density at radius 3 is 2.59 bits per heavy atom. The summed E-state index contributed by atoms with van der Waals surface area (Å²) in [7, 11) is 1.65. The van der Waals surface area contributed by atoms with E-state index in [2.05, 4.69) is 15.5 Å². The van der Waals surface area contributed by atoms with E-state index in [0.717, 1.165) is 13.1 Å². The molecule has 3 aromatic rings. The molecule has 2 saturated heterocycles. The molecule has 194 valence electrons. The van der Waals surface area contributed by atoms with Crippen LogP contribution in [0, 0.1) is 5.92 Å². The summed E-state index contributed by atoms with van der Waals surface area (Å²) < 4.78 is 64.8. The molecule has 2 aromatic carbocycles. The fourth-order valence-corrected chi connectivity index (χ4v) is 5.41. The average molecular weight is 516 g/mol. The van der Waals surface area contributed by atoms with Crippen LogP contribution < -0.4 is 10.2 Å². The van der Waals surface area contributed by atoms with Gasteiger partial charge in [-0.25, -0.2) is 4.39 Å². The monoisotopic (exact) mass is 515 g/mol. The number of carbonyl (C=O) groups is 1. The van der Waals surface area contributed by atoms with Crippen LogP contribution in [0.4, 0.5) is 23.2 Å². The lowest BCUT2D eigenvalue weighted by Crippen LogP contribution is -2.50. The predicted octanol–water partition coefficient (Wildman–Crippen LogP) is 3.74. The molecule has 2 fully saturated rings. The van der Waals surface area contributed by atoms with Gasteiger partial charge in [0.15, 0.2) is 12.0 Å². The highest BCUT2D eigenvalue weighted by atomic mass is 19.4. The summed E-state index contributed by atoms with van der Waals surface area (Å²) in [5, 5.41) is 10.8. The molecule has 0 saturated carbocycles. The number of aryl methyl sites for hydroxylation is 1. The van der Waals surface area contributed by atoms with Crippen molar-refractivity contribution >= 4 is 11.6 Å². The molecule has 1 N–H and O–H groups in total. The number of halogens is 4. The minimum absolute atomic E-state index is 0.0254. The van der Waals surface area contributed by atoms with E-state index in [-0.39, 0.29) is 42.6 Å². The minimum Gasteiger partial charge on any atom is -0.379 e. The van der Waals surface area contributed by atoms with Crippen LogP contribution in [0.5, 0.6) is 0 Å². The van der Waals surface area contributed by atoms with E-state index in [4.69, 9.17) is 4.74 Å². The first-order chi connectivity index (χ1) is 17.7. The molecule has 0 radical (unpaired) electrons. The van der Waals surface area contributed by atoms with Gasteiger partial charge in [0, 0.05) is 18.3 Å². The molecule has 1 unspecified atom stereocenters. The first-order valence-electron chi connectivity index (χ1n) is 12.1. The largest absolute Gasteiger partial charge is 0.416 e.